The fraction of sp³-hybridized carbons (Fsp3) is 0.125. The molecule has 0 aliphatic rings. The Hall–Kier alpha value is -2.59. The summed E-state index contributed by atoms with van der Waals surface area (Å²) in [5.41, 5.74) is -0.366. The summed E-state index contributed by atoms with van der Waals surface area (Å²) >= 11 is 5.68. The lowest BCUT2D eigenvalue weighted by atomic mass is 10.2. The van der Waals surface area contributed by atoms with Crippen molar-refractivity contribution in [3.63, 3.8) is 0 Å². The first-order valence-electron chi connectivity index (χ1n) is 7.15. The van der Waals surface area contributed by atoms with Gasteiger partial charge in [0.1, 0.15) is 5.82 Å². The zero-order chi connectivity index (χ0) is 20.2. The van der Waals surface area contributed by atoms with Gasteiger partial charge in [-0.3, -0.25) is 4.79 Å². The summed E-state index contributed by atoms with van der Waals surface area (Å²) in [6.45, 7) is -0.762. The summed E-state index contributed by atoms with van der Waals surface area (Å²) in [6, 6.07) is 7.06. The van der Waals surface area contributed by atoms with Crippen molar-refractivity contribution in [2.75, 3.05) is 11.9 Å². The van der Waals surface area contributed by atoms with Gasteiger partial charge in [0, 0.05) is 5.02 Å². The lowest BCUT2D eigenvalue weighted by Gasteiger charge is -2.08. The average molecular weight is 422 g/mol. The number of hydrogen-bond acceptors (Lipinski definition) is 5. The smallest absolute Gasteiger partial charge is 0.341 e. The van der Waals surface area contributed by atoms with E-state index in [4.69, 9.17) is 16.3 Å². The molecule has 0 saturated carbocycles. The van der Waals surface area contributed by atoms with Crippen LogP contribution < -0.4 is 5.32 Å². The van der Waals surface area contributed by atoms with Crippen molar-refractivity contribution < 1.29 is 35.9 Å². The summed E-state index contributed by atoms with van der Waals surface area (Å²) < 4.78 is 65.7. The molecule has 0 aliphatic carbocycles. The minimum atomic E-state index is -4.78. The molecular formula is C16H11ClF3NO5S. The fourth-order valence-corrected chi connectivity index (χ4v) is 2.77. The van der Waals surface area contributed by atoms with Gasteiger partial charge >= 0.3 is 11.7 Å². The molecule has 27 heavy (non-hydrogen) atoms. The minimum Gasteiger partial charge on any atom is -0.452 e. The number of halogens is 4. The Labute approximate surface area is 156 Å². The van der Waals surface area contributed by atoms with Crippen molar-refractivity contribution in [1.82, 2.24) is 0 Å². The van der Waals surface area contributed by atoms with E-state index >= 15 is 0 Å². The lowest BCUT2D eigenvalue weighted by molar-refractivity contribution is -0.119. The Morgan fingerprint density at radius 3 is 2.33 bits per heavy atom. The van der Waals surface area contributed by atoms with Crippen molar-refractivity contribution in [1.29, 1.82) is 0 Å². The number of carbonyl (C=O) groups is 2. The highest BCUT2D eigenvalue weighted by Gasteiger charge is 2.26. The Balaban J connectivity index is 1.97. The van der Waals surface area contributed by atoms with E-state index in [2.05, 4.69) is 5.32 Å². The monoisotopic (exact) mass is 421 g/mol. The molecule has 1 amide bonds. The topological polar surface area (TPSA) is 89.5 Å². The number of nitrogens with one attached hydrogen (secondary N) is 1. The zero-order valence-electron chi connectivity index (χ0n) is 13.3. The number of sulfone groups is 1. The van der Waals surface area contributed by atoms with E-state index in [1.54, 1.807) is 0 Å². The van der Waals surface area contributed by atoms with Crippen LogP contribution in [0.2, 0.25) is 5.02 Å². The third-order valence-corrected chi connectivity index (χ3v) is 4.82. The summed E-state index contributed by atoms with van der Waals surface area (Å²) in [6.07, 6.45) is 0. The predicted octanol–water partition coefficient (Wildman–Crippen LogP) is 3.27. The minimum absolute atomic E-state index is 0.162. The van der Waals surface area contributed by atoms with E-state index in [0.717, 1.165) is 30.3 Å². The number of benzene rings is 2. The molecule has 11 heteroatoms. The third-order valence-electron chi connectivity index (χ3n) is 3.19. The second kappa shape index (κ2) is 8.40. The molecule has 2 rings (SSSR count). The van der Waals surface area contributed by atoms with Crippen LogP contribution in [0, 0.1) is 5.82 Å². The second-order valence-corrected chi connectivity index (χ2v) is 7.43. The largest absolute Gasteiger partial charge is 0.452 e. The standard InChI is InChI=1S/C16H11ClF3NO5S/c17-10-3-6-12(18)13(7-10)21-14(22)8-26-15(23)9-1-4-11(5-2-9)27(24,25)16(19)20/h1-7,16H,8H2,(H,21,22). The van der Waals surface area contributed by atoms with Crippen LogP contribution in [0.25, 0.3) is 0 Å². The van der Waals surface area contributed by atoms with E-state index in [0.29, 0.717) is 0 Å². The van der Waals surface area contributed by atoms with Crippen molar-refractivity contribution in [2.24, 2.45) is 0 Å². The molecule has 0 radical (unpaired) electrons. The molecule has 0 fully saturated rings. The van der Waals surface area contributed by atoms with Crippen LogP contribution in [0.3, 0.4) is 0 Å². The summed E-state index contributed by atoms with van der Waals surface area (Å²) in [7, 11) is -4.78. The third kappa shape index (κ3) is 5.20. The lowest BCUT2D eigenvalue weighted by Crippen LogP contribution is -2.21. The maximum atomic E-state index is 13.5. The van der Waals surface area contributed by atoms with Crippen molar-refractivity contribution in [3.8, 4) is 0 Å². The number of hydrogen-bond donors (Lipinski definition) is 1. The van der Waals surface area contributed by atoms with Crippen molar-refractivity contribution in [3.05, 3.63) is 58.9 Å². The Bertz CT molecular complexity index is 965. The highest BCUT2D eigenvalue weighted by atomic mass is 35.5. The summed E-state index contributed by atoms with van der Waals surface area (Å²) in [4.78, 5) is 22.9. The van der Waals surface area contributed by atoms with Gasteiger partial charge in [0.2, 0.25) is 9.84 Å². The molecule has 144 valence electrons. The molecular weight excluding hydrogens is 411 g/mol. The fourth-order valence-electron chi connectivity index (χ4n) is 1.88. The van der Waals surface area contributed by atoms with Crippen molar-refractivity contribution in [2.45, 2.75) is 10.7 Å². The van der Waals surface area contributed by atoms with Crippen LogP contribution in [0.1, 0.15) is 10.4 Å². The van der Waals surface area contributed by atoms with Crippen LogP contribution >= 0.6 is 11.6 Å². The maximum Gasteiger partial charge on any atom is 0.341 e. The van der Waals surface area contributed by atoms with Crippen LogP contribution in [0.5, 0.6) is 0 Å². The van der Waals surface area contributed by atoms with Gasteiger partial charge in [-0.05, 0) is 42.5 Å². The van der Waals surface area contributed by atoms with Gasteiger partial charge in [0.15, 0.2) is 6.61 Å². The molecule has 2 aromatic rings. The van der Waals surface area contributed by atoms with Crippen LogP contribution in [0.4, 0.5) is 18.9 Å². The molecule has 0 aromatic heterocycles. The van der Waals surface area contributed by atoms with Gasteiger partial charge in [-0.1, -0.05) is 11.6 Å². The normalized spacial score (nSPS) is 11.3. The van der Waals surface area contributed by atoms with Gasteiger partial charge in [0.05, 0.1) is 16.1 Å². The molecule has 0 heterocycles. The van der Waals surface area contributed by atoms with E-state index in [-0.39, 0.29) is 16.3 Å². The van der Waals surface area contributed by atoms with Gasteiger partial charge in [-0.25, -0.2) is 17.6 Å². The molecule has 1 N–H and O–H groups in total. The quantitative estimate of drug-likeness (QED) is 0.723. The number of rotatable bonds is 6. The van der Waals surface area contributed by atoms with E-state index < -0.39 is 44.8 Å². The van der Waals surface area contributed by atoms with Gasteiger partial charge in [0.25, 0.3) is 5.91 Å². The molecule has 2 aromatic carbocycles. The Morgan fingerprint density at radius 2 is 1.74 bits per heavy atom. The molecule has 0 bridgehead atoms. The number of carbonyl (C=O) groups excluding carboxylic acids is 2. The van der Waals surface area contributed by atoms with Crippen LogP contribution in [0.15, 0.2) is 47.4 Å². The highest BCUT2D eigenvalue weighted by molar-refractivity contribution is 7.91. The maximum absolute atomic E-state index is 13.5. The van der Waals surface area contributed by atoms with E-state index in [1.807, 2.05) is 0 Å². The second-order valence-electron chi connectivity index (χ2n) is 5.08. The molecule has 0 atom stereocenters. The van der Waals surface area contributed by atoms with Crippen LogP contribution in [-0.2, 0) is 19.4 Å². The first-order valence-corrected chi connectivity index (χ1v) is 9.08. The van der Waals surface area contributed by atoms with Gasteiger partial charge in [-0.15, -0.1) is 0 Å². The molecule has 0 saturated heterocycles. The molecule has 0 spiro atoms. The van der Waals surface area contributed by atoms with E-state index in [9.17, 15) is 31.2 Å². The predicted molar refractivity (Wildman–Crippen MR) is 90.0 cm³/mol. The zero-order valence-corrected chi connectivity index (χ0v) is 14.9. The first kappa shape index (κ1) is 20.7. The first-order chi connectivity index (χ1) is 12.6. The van der Waals surface area contributed by atoms with E-state index in [1.165, 1.54) is 12.1 Å². The number of anilines is 1. The summed E-state index contributed by atoms with van der Waals surface area (Å²) in [5.74, 6) is -6.18. The van der Waals surface area contributed by atoms with Crippen LogP contribution in [-0.4, -0.2) is 32.7 Å². The molecule has 0 aliphatic heterocycles. The Morgan fingerprint density at radius 1 is 1.11 bits per heavy atom. The highest BCUT2D eigenvalue weighted by Crippen LogP contribution is 2.20. The average Bonchev–Trinajstić information content (AvgIpc) is 2.62. The SMILES string of the molecule is O=C(COC(=O)c1ccc(S(=O)(=O)C(F)F)cc1)Nc1cc(Cl)ccc1F. The van der Waals surface area contributed by atoms with Gasteiger partial charge < -0.3 is 10.1 Å². The Kier molecular flexibility index (Phi) is 6.45. The molecule has 6 nitrogen and oxygen atoms in total. The van der Waals surface area contributed by atoms with Crippen molar-refractivity contribution >= 4 is 39.0 Å². The number of ether oxygens (including phenoxy) is 1. The van der Waals surface area contributed by atoms with Gasteiger partial charge in [-0.2, -0.15) is 8.78 Å². The summed E-state index contributed by atoms with van der Waals surface area (Å²) in [5, 5.41) is 2.34. The molecule has 0 unspecified atom stereocenters. The number of esters is 1. The number of alkyl halides is 2. The number of amides is 1.